The minimum absolute atomic E-state index is 0.0728. The first kappa shape index (κ1) is 34.9. The van der Waals surface area contributed by atoms with Gasteiger partial charge in [0, 0.05) is 12.0 Å². The summed E-state index contributed by atoms with van der Waals surface area (Å²) in [4.78, 5) is 12.9. The Morgan fingerprint density at radius 2 is 1.65 bits per heavy atom. The standard InChI is InChI=1S/C31H40O17/c1-12-20(35)22(37)24(39)29(44-12)46-26-14-7-8-42-28(47-30-25(40)23(38)21(36)17(10-32)45-30)19(14)31(27(26)48-31)11-43-18(34)6-4-13-3-5-15(33)16(9-13)41-2/h3-9,12,14,17,19-30,32-33,35-40H,10-11H2,1-2H3/b6-4+/t12?,14?,17?,19?,20?,21?,22?,23?,24?,25?,26-,27-,28-,29?,30?,31+/m0/s1. The number of fused-ring (bicyclic) bond motifs is 3. The average Bonchev–Trinajstić information content (AvgIpc) is 3.75. The van der Waals surface area contributed by atoms with Gasteiger partial charge in [0.25, 0.3) is 0 Å². The van der Waals surface area contributed by atoms with Crippen LogP contribution in [-0.2, 0) is 38.0 Å². The zero-order chi connectivity index (χ0) is 34.5. The Labute approximate surface area is 274 Å². The number of phenols is 1. The molecule has 4 aliphatic heterocycles. The van der Waals surface area contributed by atoms with Crippen molar-refractivity contribution in [3.63, 3.8) is 0 Å². The van der Waals surface area contributed by atoms with Crippen molar-refractivity contribution in [3.8, 4) is 11.5 Å². The van der Waals surface area contributed by atoms with Gasteiger partial charge in [0.1, 0.15) is 61.0 Å². The molecule has 4 fully saturated rings. The van der Waals surface area contributed by atoms with Gasteiger partial charge in [-0.1, -0.05) is 6.07 Å². The molecule has 5 aliphatic rings. The highest BCUT2D eigenvalue weighted by molar-refractivity contribution is 5.87. The quantitative estimate of drug-likeness (QED) is 0.0705. The lowest BCUT2D eigenvalue weighted by Crippen LogP contribution is -2.60. The summed E-state index contributed by atoms with van der Waals surface area (Å²) >= 11 is 0. The summed E-state index contributed by atoms with van der Waals surface area (Å²) in [6, 6.07) is 4.49. The number of aliphatic hydroxyl groups is 7. The normalized spacial score (nSPS) is 44.9. The second kappa shape index (κ2) is 13.8. The molecule has 4 heterocycles. The summed E-state index contributed by atoms with van der Waals surface area (Å²) in [5.74, 6) is -2.04. The second-order valence-corrected chi connectivity index (χ2v) is 12.4. The van der Waals surface area contributed by atoms with Crippen LogP contribution in [0.4, 0.5) is 0 Å². The molecule has 17 nitrogen and oxygen atoms in total. The monoisotopic (exact) mass is 684 g/mol. The molecular weight excluding hydrogens is 644 g/mol. The lowest BCUT2D eigenvalue weighted by molar-refractivity contribution is -0.347. The largest absolute Gasteiger partial charge is 0.504 e. The van der Waals surface area contributed by atoms with Gasteiger partial charge in [-0.3, -0.25) is 0 Å². The third-order valence-electron chi connectivity index (χ3n) is 9.51. The van der Waals surface area contributed by atoms with E-state index in [0.717, 1.165) is 0 Å². The SMILES string of the molecule is COc1cc(/C=C/C(=O)OC[C@]23O[C@H]2[C@@H](OC2OC(C)C(O)C(O)C2O)C2C=CO[C@@H](OC4OC(CO)C(O)C(O)C4O)C23)ccc1O. The summed E-state index contributed by atoms with van der Waals surface area (Å²) in [5.41, 5.74) is -0.755. The molecule has 16 atom stereocenters. The van der Waals surface area contributed by atoms with E-state index in [0.29, 0.717) is 5.56 Å². The Kier molecular flexibility index (Phi) is 10.0. The van der Waals surface area contributed by atoms with E-state index in [2.05, 4.69) is 0 Å². The Hall–Kier alpha value is -2.91. The Bertz CT molecular complexity index is 1370. The molecule has 1 aliphatic carbocycles. The Morgan fingerprint density at radius 1 is 0.938 bits per heavy atom. The first-order chi connectivity index (χ1) is 22.9. The van der Waals surface area contributed by atoms with Gasteiger partial charge in [-0.25, -0.2) is 4.79 Å². The number of methoxy groups -OCH3 is 1. The van der Waals surface area contributed by atoms with E-state index in [9.17, 15) is 45.6 Å². The average molecular weight is 685 g/mol. The molecule has 0 aromatic heterocycles. The molecule has 3 saturated heterocycles. The van der Waals surface area contributed by atoms with Crippen molar-refractivity contribution in [2.75, 3.05) is 20.3 Å². The van der Waals surface area contributed by atoms with Crippen LogP contribution < -0.4 is 4.74 Å². The molecule has 12 unspecified atom stereocenters. The zero-order valence-corrected chi connectivity index (χ0v) is 25.9. The van der Waals surface area contributed by atoms with E-state index in [1.165, 1.54) is 44.6 Å². The van der Waals surface area contributed by atoms with Crippen molar-refractivity contribution in [1.82, 2.24) is 0 Å². The number of aromatic hydroxyl groups is 1. The number of hydrogen-bond donors (Lipinski definition) is 8. The first-order valence-electron chi connectivity index (χ1n) is 15.4. The fourth-order valence-corrected chi connectivity index (χ4v) is 6.76. The van der Waals surface area contributed by atoms with Crippen molar-refractivity contribution in [2.45, 2.75) is 92.4 Å². The smallest absolute Gasteiger partial charge is 0.330 e. The number of benzene rings is 1. The Morgan fingerprint density at radius 3 is 2.35 bits per heavy atom. The topological polar surface area (TPSA) is 256 Å². The van der Waals surface area contributed by atoms with E-state index in [1.807, 2.05) is 0 Å². The van der Waals surface area contributed by atoms with Gasteiger partial charge in [0.2, 0.25) is 6.29 Å². The van der Waals surface area contributed by atoms with E-state index >= 15 is 0 Å². The van der Waals surface area contributed by atoms with E-state index in [4.69, 9.17) is 37.9 Å². The number of rotatable bonds is 10. The van der Waals surface area contributed by atoms with Gasteiger partial charge >= 0.3 is 5.97 Å². The fraction of sp³-hybridized carbons (Fsp3) is 0.645. The Balaban J connectivity index is 1.22. The second-order valence-electron chi connectivity index (χ2n) is 12.4. The van der Waals surface area contributed by atoms with Crippen molar-refractivity contribution < 1.29 is 83.5 Å². The molecule has 17 heteroatoms. The summed E-state index contributed by atoms with van der Waals surface area (Å²) in [6.45, 7) is 0.486. The highest BCUT2D eigenvalue weighted by Gasteiger charge is 2.77. The molecule has 0 bridgehead atoms. The molecule has 6 rings (SSSR count). The highest BCUT2D eigenvalue weighted by atomic mass is 16.8. The van der Waals surface area contributed by atoms with E-state index < -0.39 is 110 Å². The molecule has 1 saturated carbocycles. The lowest BCUT2D eigenvalue weighted by Gasteiger charge is -2.44. The zero-order valence-electron chi connectivity index (χ0n) is 25.9. The van der Waals surface area contributed by atoms with Crippen molar-refractivity contribution in [3.05, 3.63) is 42.2 Å². The predicted molar refractivity (Wildman–Crippen MR) is 155 cm³/mol. The molecule has 0 spiro atoms. The highest BCUT2D eigenvalue weighted by Crippen LogP contribution is 2.61. The van der Waals surface area contributed by atoms with Gasteiger partial charge in [-0.15, -0.1) is 0 Å². The predicted octanol–water partition coefficient (Wildman–Crippen LogP) is -2.76. The maximum absolute atomic E-state index is 12.9. The molecule has 266 valence electrons. The van der Waals surface area contributed by atoms with Crippen molar-refractivity contribution >= 4 is 12.0 Å². The van der Waals surface area contributed by atoms with Crippen LogP contribution in [0.3, 0.4) is 0 Å². The lowest BCUT2D eigenvalue weighted by atomic mass is 9.85. The minimum atomic E-state index is -1.74. The van der Waals surface area contributed by atoms with Crippen molar-refractivity contribution in [1.29, 1.82) is 0 Å². The van der Waals surface area contributed by atoms with Crippen LogP contribution >= 0.6 is 0 Å². The number of esters is 1. The maximum atomic E-state index is 12.9. The van der Waals surface area contributed by atoms with Crippen molar-refractivity contribution in [2.24, 2.45) is 11.8 Å². The van der Waals surface area contributed by atoms with E-state index in [-0.39, 0.29) is 18.1 Å². The molecule has 8 N–H and O–H groups in total. The first-order valence-corrected chi connectivity index (χ1v) is 15.4. The van der Waals surface area contributed by atoms with Crippen LogP contribution in [0.1, 0.15) is 12.5 Å². The van der Waals surface area contributed by atoms with E-state index in [1.54, 1.807) is 12.1 Å². The maximum Gasteiger partial charge on any atom is 0.330 e. The summed E-state index contributed by atoms with van der Waals surface area (Å²) in [6.07, 6.45) is -12.1. The van der Waals surface area contributed by atoms with Crippen LogP contribution in [0.5, 0.6) is 11.5 Å². The number of carbonyl (C=O) groups is 1. The number of hydrogen-bond acceptors (Lipinski definition) is 17. The van der Waals surface area contributed by atoms with Crippen LogP contribution in [0.2, 0.25) is 0 Å². The van der Waals surface area contributed by atoms with Gasteiger partial charge in [-0.2, -0.15) is 0 Å². The third kappa shape index (κ3) is 6.30. The molecule has 0 amide bonds. The molecule has 1 aromatic rings. The van der Waals surface area contributed by atoms with Crippen LogP contribution in [0, 0.1) is 11.8 Å². The van der Waals surface area contributed by atoms with Crippen LogP contribution in [-0.4, -0.2) is 153 Å². The minimum Gasteiger partial charge on any atom is -0.504 e. The summed E-state index contributed by atoms with van der Waals surface area (Å²) in [5, 5.41) is 81.7. The third-order valence-corrected chi connectivity index (χ3v) is 9.51. The number of carbonyl (C=O) groups excluding carboxylic acids is 1. The van der Waals surface area contributed by atoms with Gasteiger partial charge in [0.15, 0.2) is 24.1 Å². The number of ether oxygens (including phenoxy) is 8. The summed E-state index contributed by atoms with van der Waals surface area (Å²) < 4.78 is 45.9. The summed E-state index contributed by atoms with van der Waals surface area (Å²) in [7, 11) is 1.39. The fourth-order valence-electron chi connectivity index (χ4n) is 6.76. The van der Waals surface area contributed by atoms with Gasteiger partial charge < -0.3 is 78.7 Å². The number of aliphatic hydroxyl groups excluding tert-OH is 7. The number of epoxide rings is 1. The molecule has 0 radical (unpaired) electrons. The molecular formula is C31H40O17. The van der Waals surface area contributed by atoms with Crippen LogP contribution in [0.15, 0.2) is 36.6 Å². The van der Waals surface area contributed by atoms with Crippen LogP contribution in [0.25, 0.3) is 6.08 Å². The number of phenolic OH excluding ortho intramolecular Hbond substituents is 1. The van der Waals surface area contributed by atoms with Gasteiger partial charge in [-0.05, 0) is 36.8 Å². The molecule has 48 heavy (non-hydrogen) atoms. The molecule has 1 aromatic carbocycles. The van der Waals surface area contributed by atoms with Gasteiger partial charge in [0.05, 0.1) is 38.1 Å².